The molecule has 0 atom stereocenters. The predicted molar refractivity (Wildman–Crippen MR) is 75.6 cm³/mol. The van der Waals surface area contributed by atoms with Gasteiger partial charge in [-0.2, -0.15) is 5.26 Å². The van der Waals surface area contributed by atoms with E-state index in [9.17, 15) is 4.79 Å². The molecule has 0 spiro atoms. The Kier molecular flexibility index (Phi) is 3.95. The van der Waals surface area contributed by atoms with Gasteiger partial charge in [-0.1, -0.05) is 0 Å². The Morgan fingerprint density at radius 1 is 1.19 bits per heavy atom. The summed E-state index contributed by atoms with van der Waals surface area (Å²) in [4.78, 5) is 10.8. The van der Waals surface area contributed by atoms with Gasteiger partial charge in [-0.25, -0.2) is 4.79 Å². The lowest BCUT2D eigenvalue weighted by molar-refractivity contribution is 0.0697. The fraction of sp³-hybridized carbons (Fsp3) is 0.0667. The lowest BCUT2D eigenvalue weighted by Crippen LogP contribution is -2.00. The summed E-state index contributed by atoms with van der Waals surface area (Å²) < 4.78 is 10.8. The van der Waals surface area contributed by atoms with Crippen LogP contribution in [0.1, 0.15) is 15.9 Å². The number of carboxylic acids is 1. The Morgan fingerprint density at radius 2 is 1.90 bits per heavy atom. The number of ether oxygens (including phenoxy) is 2. The van der Waals surface area contributed by atoms with E-state index in [1.54, 1.807) is 12.1 Å². The van der Waals surface area contributed by atoms with Crippen LogP contribution in [0.15, 0.2) is 36.4 Å². The van der Waals surface area contributed by atoms with Crippen LogP contribution >= 0.6 is 0 Å². The van der Waals surface area contributed by atoms with Crippen LogP contribution in [0.25, 0.3) is 0 Å². The highest BCUT2D eigenvalue weighted by Crippen LogP contribution is 2.35. The first-order valence-electron chi connectivity index (χ1n) is 5.94. The molecule has 2 aromatic carbocycles. The zero-order valence-electron chi connectivity index (χ0n) is 11.2. The number of aromatic carboxylic acids is 1. The molecule has 2 rings (SSSR count). The van der Waals surface area contributed by atoms with E-state index in [0.29, 0.717) is 22.8 Å². The van der Waals surface area contributed by atoms with Gasteiger partial charge < -0.3 is 20.3 Å². The van der Waals surface area contributed by atoms with Crippen molar-refractivity contribution in [2.24, 2.45) is 0 Å². The van der Waals surface area contributed by atoms with Crippen LogP contribution in [0.4, 0.5) is 5.69 Å². The summed E-state index contributed by atoms with van der Waals surface area (Å²) >= 11 is 0. The smallest absolute Gasteiger partial charge is 0.335 e. The number of nitrogens with two attached hydrogens (primary N) is 1. The molecule has 0 aromatic heterocycles. The van der Waals surface area contributed by atoms with Gasteiger partial charge in [0.15, 0.2) is 17.2 Å². The predicted octanol–water partition coefficient (Wildman–Crippen LogP) is 2.64. The molecule has 0 saturated heterocycles. The zero-order chi connectivity index (χ0) is 15.4. The maximum absolute atomic E-state index is 10.8. The van der Waals surface area contributed by atoms with Gasteiger partial charge in [0.25, 0.3) is 0 Å². The number of anilines is 1. The van der Waals surface area contributed by atoms with Gasteiger partial charge in [-0.05, 0) is 30.3 Å². The fourth-order valence-electron chi connectivity index (χ4n) is 1.71. The molecule has 0 aliphatic carbocycles. The molecule has 0 bridgehead atoms. The molecule has 0 amide bonds. The number of nitrogen functional groups attached to an aromatic ring is 1. The van der Waals surface area contributed by atoms with Crippen molar-refractivity contribution in [2.75, 3.05) is 12.8 Å². The topological polar surface area (TPSA) is 106 Å². The van der Waals surface area contributed by atoms with Gasteiger partial charge >= 0.3 is 5.97 Å². The Balaban J connectivity index is 2.34. The van der Waals surface area contributed by atoms with Crippen LogP contribution in [0.5, 0.6) is 17.2 Å². The lowest BCUT2D eigenvalue weighted by Gasteiger charge is -2.12. The van der Waals surface area contributed by atoms with Crippen molar-refractivity contribution >= 4 is 11.7 Å². The van der Waals surface area contributed by atoms with Crippen LogP contribution in [0, 0.1) is 11.3 Å². The Labute approximate surface area is 120 Å². The van der Waals surface area contributed by atoms with Gasteiger partial charge in [-0.3, -0.25) is 0 Å². The summed E-state index contributed by atoms with van der Waals surface area (Å²) in [5.74, 6) is 0.00856. The minimum Gasteiger partial charge on any atom is -0.493 e. The number of hydrogen-bond acceptors (Lipinski definition) is 5. The molecule has 0 unspecified atom stereocenters. The van der Waals surface area contributed by atoms with Crippen molar-refractivity contribution in [2.45, 2.75) is 0 Å². The highest BCUT2D eigenvalue weighted by Gasteiger charge is 2.11. The van der Waals surface area contributed by atoms with Crippen molar-refractivity contribution in [1.82, 2.24) is 0 Å². The minimum absolute atomic E-state index is 0.0756. The molecule has 6 heteroatoms. The molecule has 0 radical (unpaired) electrons. The molecular formula is C15H12N2O4. The number of carbonyl (C=O) groups is 1. The van der Waals surface area contributed by atoms with Crippen LogP contribution in [-0.4, -0.2) is 18.2 Å². The Bertz CT molecular complexity index is 735. The average molecular weight is 284 g/mol. The molecule has 0 saturated carbocycles. The van der Waals surface area contributed by atoms with E-state index in [-0.39, 0.29) is 11.3 Å². The van der Waals surface area contributed by atoms with Crippen LogP contribution in [0.3, 0.4) is 0 Å². The summed E-state index contributed by atoms with van der Waals surface area (Å²) in [6, 6.07) is 10.9. The van der Waals surface area contributed by atoms with Crippen molar-refractivity contribution in [3.63, 3.8) is 0 Å². The molecule has 21 heavy (non-hydrogen) atoms. The van der Waals surface area contributed by atoms with Gasteiger partial charge in [0.2, 0.25) is 0 Å². The number of methoxy groups -OCH3 is 1. The standard InChI is InChI=1S/C15H12N2O4/c1-20-14-6-9(8-16)2-4-13(14)21-12-5-3-10(15(18)19)7-11(12)17/h2-7H,17H2,1H3,(H,18,19). The summed E-state index contributed by atoms with van der Waals surface area (Å²) in [6.45, 7) is 0. The van der Waals surface area contributed by atoms with E-state index in [1.807, 2.05) is 6.07 Å². The normalized spacial score (nSPS) is 9.71. The largest absolute Gasteiger partial charge is 0.493 e. The third kappa shape index (κ3) is 3.04. The van der Waals surface area contributed by atoms with E-state index >= 15 is 0 Å². The Morgan fingerprint density at radius 3 is 2.48 bits per heavy atom. The molecule has 3 N–H and O–H groups in total. The minimum atomic E-state index is -1.07. The first-order valence-corrected chi connectivity index (χ1v) is 5.94. The van der Waals surface area contributed by atoms with E-state index in [2.05, 4.69) is 0 Å². The van der Waals surface area contributed by atoms with E-state index < -0.39 is 5.97 Å². The monoisotopic (exact) mass is 284 g/mol. The van der Waals surface area contributed by atoms with Crippen molar-refractivity contribution < 1.29 is 19.4 Å². The van der Waals surface area contributed by atoms with Crippen LogP contribution < -0.4 is 15.2 Å². The van der Waals surface area contributed by atoms with Crippen molar-refractivity contribution in [3.05, 3.63) is 47.5 Å². The molecule has 0 aliphatic rings. The SMILES string of the molecule is COc1cc(C#N)ccc1Oc1ccc(C(=O)O)cc1N. The lowest BCUT2D eigenvalue weighted by atomic mass is 10.2. The number of hydrogen-bond donors (Lipinski definition) is 2. The summed E-state index contributed by atoms with van der Waals surface area (Å²) in [5.41, 5.74) is 6.48. The summed E-state index contributed by atoms with van der Waals surface area (Å²) in [6.07, 6.45) is 0. The first-order chi connectivity index (χ1) is 10.0. The van der Waals surface area contributed by atoms with Crippen molar-refractivity contribution in [1.29, 1.82) is 5.26 Å². The fourth-order valence-corrected chi connectivity index (χ4v) is 1.71. The average Bonchev–Trinajstić information content (AvgIpc) is 2.49. The molecular weight excluding hydrogens is 272 g/mol. The van der Waals surface area contributed by atoms with Crippen LogP contribution in [0.2, 0.25) is 0 Å². The third-order valence-electron chi connectivity index (χ3n) is 2.77. The summed E-state index contributed by atoms with van der Waals surface area (Å²) in [7, 11) is 1.46. The van der Waals surface area contributed by atoms with Gasteiger partial charge in [0.1, 0.15) is 0 Å². The second kappa shape index (κ2) is 5.84. The quantitative estimate of drug-likeness (QED) is 0.836. The number of benzene rings is 2. The Hall–Kier alpha value is -3.20. The highest BCUT2D eigenvalue weighted by molar-refractivity contribution is 5.89. The van der Waals surface area contributed by atoms with Gasteiger partial charge in [0.05, 0.1) is 30.0 Å². The zero-order valence-corrected chi connectivity index (χ0v) is 11.2. The number of nitriles is 1. The molecule has 106 valence electrons. The maximum atomic E-state index is 10.8. The molecule has 0 fully saturated rings. The first kappa shape index (κ1) is 14.2. The molecule has 6 nitrogen and oxygen atoms in total. The van der Waals surface area contributed by atoms with Gasteiger partial charge in [-0.15, -0.1) is 0 Å². The number of carboxylic acid groups (broad SMARTS) is 1. The highest BCUT2D eigenvalue weighted by atomic mass is 16.5. The maximum Gasteiger partial charge on any atom is 0.335 e. The van der Waals surface area contributed by atoms with Crippen molar-refractivity contribution in [3.8, 4) is 23.3 Å². The van der Waals surface area contributed by atoms with E-state index in [4.69, 9.17) is 25.6 Å². The van der Waals surface area contributed by atoms with E-state index in [1.165, 1.54) is 31.4 Å². The molecule has 2 aromatic rings. The third-order valence-corrected chi connectivity index (χ3v) is 2.77. The van der Waals surface area contributed by atoms with Crippen LogP contribution in [-0.2, 0) is 0 Å². The number of nitrogens with zero attached hydrogens (tertiary/aromatic N) is 1. The second-order valence-electron chi connectivity index (χ2n) is 4.14. The van der Waals surface area contributed by atoms with E-state index in [0.717, 1.165) is 0 Å². The second-order valence-corrected chi connectivity index (χ2v) is 4.14. The molecule has 0 aliphatic heterocycles. The van der Waals surface area contributed by atoms with Gasteiger partial charge in [0, 0.05) is 6.07 Å². The summed E-state index contributed by atoms with van der Waals surface area (Å²) in [5, 5.41) is 17.7. The molecule has 0 heterocycles. The number of rotatable bonds is 4.